The lowest BCUT2D eigenvalue weighted by atomic mass is 9.76. The Balaban J connectivity index is 1.79. The number of hydrogen-bond donors (Lipinski definition) is 1. The van der Waals surface area contributed by atoms with Crippen LogP contribution in [0.2, 0.25) is 0 Å². The predicted octanol–water partition coefficient (Wildman–Crippen LogP) is 5.18. The van der Waals surface area contributed by atoms with Gasteiger partial charge in [0.2, 0.25) is 0 Å². The number of aromatic nitrogens is 1. The topological polar surface area (TPSA) is 15.8 Å². The lowest BCUT2D eigenvalue weighted by Gasteiger charge is -2.27. The minimum Gasteiger partial charge on any atom is -0.355 e. The van der Waals surface area contributed by atoms with E-state index in [0.29, 0.717) is 5.92 Å². The van der Waals surface area contributed by atoms with Crippen molar-refractivity contribution < 1.29 is 0 Å². The Labute approximate surface area is 130 Å². The van der Waals surface area contributed by atoms with Crippen LogP contribution in [0.1, 0.15) is 42.1 Å². The lowest BCUT2D eigenvalue weighted by molar-refractivity contribution is 0.614. The molecule has 0 amide bonds. The molecule has 108 valence electrons. The molecule has 2 aromatic carbocycles. The number of benzene rings is 2. The fraction of sp³-hybridized carbons (Fsp3) is 0.238. The molecule has 1 atom stereocenters. The first-order chi connectivity index (χ1) is 10.7. The third-order valence-electron chi connectivity index (χ3n) is 5.66. The maximum absolute atomic E-state index is 3.62. The zero-order chi connectivity index (χ0) is 14.9. The van der Waals surface area contributed by atoms with Gasteiger partial charge in [-0.3, -0.25) is 0 Å². The molecule has 0 saturated heterocycles. The van der Waals surface area contributed by atoms with E-state index >= 15 is 0 Å². The first-order valence-corrected chi connectivity index (χ1v) is 8.07. The van der Waals surface area contributed by atoms with Gasteiger partial charge in [0.25, 0.3) is 0 Å². The van der Waals surface area contributed by atoms with Crippen LogP contribution < -0.4 is 0 Å². The molecule has 1 nitrogen and oxygen atoms in total. The first kappa shape index (κ1) is 12.3. The van der Waals surface area contributed by atoms with E-state index in [1.807, 2.05) is 0 Å². The highest BCUT2D eigenvalue weighted by Gasteiger charge is 2.43. The smallest absolute Gasteiger partial charge is 0.0461 e. The summed E-state index contributed by atoms with van der Waals surface area (Å²) in [6.07, 6.45) is 3.54. The van der Waals surface area contributed by atoms with E-state index < -0.39 is 0 Å². The number of fused-ring (bicyclic) bond motifs is 6. The number of H-pyrrole nitrogens is 1. The van der Waals surface area contributed by atoms with Crippen molar-refractivity contribution in [3.05, 3.63) is 76.5 Å². The van der Waals surface area contributed by atoms with Gasteiger partial charge in [0.05, 0.1) is 0 Å². The van der Waals surface area contributed by atoms with Gasteiger partial charge in [0.1, 0.15) is 0 Å². The van der Waals surface area contributed by atoms with E-state index in [4.69, 9.17) is 0 Å². The highest BCUT2D eigenvalue weighted by atomic mass is 14.7. The number of nitrogens with one attached hydrogen (secondary N) is 1. The van der Waals surface area contributed by atoms with Crippen LogP contribution in [0.5, 0.6) is 0 Å². The predicted molar refractivity (Wildman–Crippen MR) is 92.2 cm³/mol. The summed E-state index contributed by atoms with van der Waals surface area (Å²) in [4.78, 5) is 3.62. The largest absolute Gasteiger partial charge is 0.355 e. The Bertz CT molecular complexity index is 939. The van der Waals surface area contributed by atoms with Crippen LogP contribution in [0.3, 0.4) is 0 Å². The van der Waals surface area contributed by atoms with Crippen molar-refractivity contribution in [1.29, 1.82) is 0 Å². The summed E-state index contributed by atoms with van der Waals surface area (Å²) < 4.78 is 0. The van der Waals surface area contributed by atoms with Gasteiger partial charge in [-0.15, -0.1) is 0 Å². The van der Waals surface area contributed by atoms with Crippen molar-refractivity contribution in [2.45, 2.75) is 31.6 Å². The molecule has 1 unspecified atom stereocenters. The van der Waals surface area contributed by atoms with E-state index in [-0.39, 0.29) is 5.41 Å². The molecular weight excluding hydrogens is 266 g/mol. The molecule has 1 heterocycles. The molecular formula is C21H19N. The minimum atomic E-state index is 0.135. The SMILES string of the molecule is CC1(C)C2=Cc3[nH]c4ccccc4c3CC2c2ccccc21. The van der Waals surface area contributed by atoms with Crippen LogP contribution in [0.25, 0.3) is 17.0 Å². The van der Waals surface area contributed by atoms with E-state index in [0.717, 1.165) is 6.42 Å². The summed E-state index contributed by atoms with van der Waals surface area (Å²) in [5, 5.41) is 1.38. The van der Waals surface area contributed by atoms with Crippen molar-refractivity contribution in [2.75, 3.05) is 0 Å². The maximum atomic E-state index is 3.62. The highest BCUT2D eigenvalue weighted by Crippen LogP contribution is 2.54. The normalized spacial score (nSPS) is 21.2. The lowest BCUT2D eigenvalue weighted by Crippen LogP contribution is -2.19. The van der Waals surface area contributed by atoms with Gasteiger partial charge >= 0.3 is 0 Å². The van der Waals surface area contributed by atoms with Crippen LogP contribution in [-0.2, 0) is 11.8 Å². The van der Waals surface area contributed by atoms with Crippen LogP contribution in [0, 0.1) is 0 Å². The minimum absolute atomic E-state index is 0.135. The van der Waals surface area contributed by atoms with Crippen molar-refractivity contribution in [3.63, 3.8) is 0 Å². The second kappa shape index (κ2) is 3.92. The number of para-hydroxylation sites is 1. The average molecular weight is 285 g/mol. The second-order valence-corrected chi connectivity index (χ2v) is 7.13. The van der Waals surface area contributed by atoms with Crippen molar-refractivity contribution >= 4 is 17.0 Å². The molecule has 2 aliphatic rings. The highest BCUT2D eigenvalue weighted by molar-refractivity contribution is 5.89. The summed E-state index contributed by atoms with van der Waals surface area (Å²) in [6.45, 7) is 4.73. The number of hydrogen-bond acceptors (Lipinski definition) is 0. The number of rotatable bonds is 0. The molecule has 1 aromatic heterocycles. The van der Waals surface area contributed by atoms with Gasteiger partial charge in [-0.05, 0) is 35.3 Å². The fourth-order valence-electron chi connectivity index (χ4n) is 4.55. The number of aromatic amines is 1. The van der Waals surface area contributed by atoms with Gasteiger partial charge in [-0.1, -0.05) is 61.9 Å². The molecule has 0 saturated carbocycles. The molecule has 2 aliphatic carbocycles. The number of allylic oxidation sites excluding steroid dienone is 1. The third-order valence-corrected chi connectivity index (χ3v) is 5.66. The molecule has 0 aliphatic heterocycles. The van der Waals surface area contributed by atoms with Crippen molar-refractivity contribution in [2.24, 2.45) is 0 Å². The van der Waals surface area contributed by atoms with Crippen LogP contribution in [0.4, 0.5) is 0 Å². The summed E-state index contributed by atoms with van der Waals surface area (Å²) in [7, 11) is 0. The molecule has 1 heteroatoms. The Morgan fingerprint density at radius 2 is 1.77 bits per heavy atom. The van der Waals surface area contributed by atoms with E-state index in [1.54, 1.807) is 5.57 Å². The van der Waals surface area contributed by atoms with Crippen molar-refractivity contribution in [1.82, 2.24) is 4.98 Å². The molecule has 5 rings (SSSR count). The molecule has 0 fully saturated rings. The molecule has 1 N–H and O–H groups in total. The van der Waals surface area contributed by atoms with Crippen molar-refractivity contribution in [3.8, 4) is 0 Å². The van der Waals surface area contributed by atoms with Gasteiger partial charge in [-0.25, -0.2) is 0 Å². The molecule has 0 spiro atoms. The zero-order valence-electron chi connectivity index (χ0n) is 13.0. The van der Waals surface area contributed by atoms with Crippen LogP contribution in [0.15, 0.2) is 54.1 Å². The Morgan fingerprint density at radius 1 is 1.00 bits per heavy atom. The Kier molecular flexibility index (Phi) is 2.19. The third kappa shape index (κ3) is 1.39. The van der Waals surface area contributed by atoms with E-state index in [9.17, 15) is 0 Å². The maximum Gasteiger partial charge on any atom is 0.0461 e. The monoisotopic (exact) mass is 285 g/mol. The van der Waals surface area contributed by atoms with Crippen LogP contribution >= 0.6 is 0 Å². The summed E-state index contributed by atoms with van der Waals surface area (Å²) in [6, 6.07) is 17.7. The molecule has 0 radical (unpaired) electrons. The van der Waals surface area contributed by atoms with Gasteiger partial charge < -0.3 is 4.98 Å². The zero-order valence-corrected chi connectivity index (χ0v) is 13.0. The fourth-order valence-corrected chi connectivity index (χ4v) is 4.55. The molecule has 3 aromatic rings. The van der Waals surface area contributed by atoms with Crippen LogP contribution in [-0.4, -0.2) is 4.98 Å². The summed E-state index contributed by atoms with van der Waals surface area (Å²) in [5.41, 5.74) is 8.78. The van der Waals surface area contributed by atoms with Gasteiger partial charge in [0.15, 0.2) is 0 Å². The second-order valence-electron chi connectivity index (χ2n) is 7.13. The summed E-state index contributed by atoms with van der Waals surface area (Å²) in [5.74, 6) is 0.540. The molecule has 22 heavy (non-hydrogen) atoms. The average Bonchev–Trinajstić information content (AvgIpc) is 3.00. The summed E-state index contributed by atoms with van der Waals surface area (Å²) >= 11 is 0. The quantitative estimate of drug-likeness (QED) is 0.585. The van der Waals surface area contributed by atoms with Gasteiger partial charge in [-0.2, -0.15) is 0 Å². The Morgan fingerprint density at radius 3 is 2.68 bits per heavy atom. The van der Waals surface area contributed by atoms with E-state index in [1.165, 1.54) is 33.3 Å². The van der Waals surface area contributed by atoms with Gasteiger partial charge in [0, 0.05) is 27.9 Å². The first-order valence-electron chi connectivity index (χ1n) is 8.07. The Hall–Kier alpha value is -2.28. The molecule has 0 bridgehead atoms. The van der Waals surface area contributed by atoms with E-state index in [2.05, 4.69) is 73.4 Å². The standard InChI is InChI=1S/C21H19N/c1-21(2)17-9-5-3-7-13(17)15-11-16-14-8-4-6-10-19(14)22-20(16)12-18(15)21/h3-10,12,15,22H,11H2,1-2H3.